The van der Waals surface area contributed by atoms with Gasteiger partial charge in [-0.3, -0.25) is 9.63 Å². The molecule has 0 saturated heterocycles. The number of amides is 1. The Balaban J connectivity index is 2.60. The van der Waals surface area contributed by atoms with E-state index in [2.05, 4.69) is 5.48 Å². The van der Waals surface area contributed by atoms with E-state index in [0.29, 0.717) is 0 Å². The van der Waals surface area contributed by atoms with Gasteiger partial charge in [-0.05, 0) is 26.8 Å². The molecule has 1 aromatic carbocycles. The highest BCUT2D eigenvalue weighted by molar-refractivity contribution is 5.77. The van der Waals surface area contributed by atoms with Crippen LogP contribution in [0.1, 0.15) is 26.3 Å². The van der Waals surface area contributed by atoms with Crippen LogP contribution in [0, 0.1) is 11.6 Å². The molecule has 1 N–H and O–H groups in total. The summed E-state index contributed by atoms with van der Waals surface area (Å²) in [6.45, 7) is 5.28. The Labute approximate surface area is 98.7 Å². The summed E-state index contributed by atoms with van der Waals surface area (Å²) in [7, 11) is 0. The molecule has 94 valence electrons. The van der Waals surface area contributed by atoms with E-state index < -0.39 is 23.1 Å². The van der Waals surface area contributed by atoms with Gasteiger partial charge in [-0.2, -0.15) is 0 Å². The van der Waals surface area contributed by atoms with E-state index in [1.807, 2.05) is 0 Å². The molecular weight excluding hydrogens is 228 g/mol. The Morgan fingerprint density at radius 3 is 2.59 bits per heavy atom. The maximum absolute atomic E-state index is 13.2. The summed E-state index contributed by atoms with van der Waals surface area (Å²) >= 11 is 0. The van der Waals surface area contributed by atoms with Gasteiger partial charge in [-0.25, -0.2) is 14.3 Å². The molecule has 0 unspecified atom stereocenters. The lowest BCUT2D eigenvalue weighted by Gasteiger charge is -2.18. The van der Waals surface area contributed by atoms with Gasteiger partial charge in [-0.1, -0.05) is 12.1 Å². The largest absolute Gasteiger partial charge is 0.272 e. The lowest BCUT2D eigenvalue weighted by atomic mass is 10.1. The van der Waals surface area contributed by atoms with E-state index in [0.717, 1.165) is 6.07 Å². The van der Waals surface area contributed by atoms with Gasteiger partial charge in [0.15, 0.2) is 11.6 Å². The average molecular weight is 243 g/mol. The summed E-state index contributed by atoms with van der Waals surface area (Å²) in [6, 6.07) is 3.71. The van der Waals surface area contributed by atoms with Crippen LogP contribution in [-0.4, -0.2) is 11.5 Å². The predicted octanol–water partition coefficient (Wildman–Crippen LogP) is 2.35. The summed E-state index contributed by atoms with van der Waals surface area (Å²) in [6.07, 6.45) is -0.264. The minimum Gasteiger partial charge on any atom is -0.272 e. The van der Waals surface area contributed by atoms with Gasteiger partial charge >= 0.3 is 0 Å². The van der Waals surface area contributed by atoms with Gasteiger partial charge in [0.25, 0.3) is 0 Å². The second kappa shape index (κ2) is 5.23. The maximum atomic E-state index is 13.2. The van der Waals surface area contributed by atoms with Gasteiger partial charge in [0.05, 0.1) is 12.0 Å². The molecule has 0 aliphatic carbocycles. The standard InChI is InChI=1S/C12H15F2NO2/c1-12(2,3)17-15-10(16)7-8-5-4-6-9(13)11(8)14/h4-6H,7H2,1-3H3,(H,15,16). The SMILES string of the molecule is CC(C)(C)ONC(=O)Cc1cccc(F)c1F. The number of halogens is 2. The van der Waals surface area contributed by atoms with Crippen LogP contribution in [0.2, 0.25) is 0 Å². The van der Waals surface area contributed by atoms with Gasteiger partial charge in [0.1, 0.15) is 0 Å². The number of nitrogens with one attached hydrogen (secondary N) is 1. The van der Waals surface area contributed by atoms with E-state index >= 15 is 0 Å². The highest BCUT2D eigenvalue weighted by Crippen LogP contribution is 2.12. The smallest absolute Gasteiger partial charge is 0.248 e. The molecule has 0 fully saturated rings. The molecule has 0 atom stereocenters. The van der Waals surface area contributed by atoms with Crippen molar-refractivity contribution in [1.82, 2.24) is 5.48 Å². The molecule has 0 aromatic heterocycles. The zero-order chi connectivity index (χ0) is 13.1. The Hall–Kier alpha value is -1.49. The van der Waals surface area contributed by atoms with E-state index in [1.54, 1.807) is 20.8 Å². The van der Waals surface area contributed by atoms with Crippen LogP contribution in [0.25, 0.3) is 0 Å². The normalized spacial score (nSPS) is 11.4. The Kier molecular flexibility index (Phi) is 4.17. The first kappa shape index (κ1) is 13.6. The van der Waals surface area contributed by atoms with Crippen molar-refractivity contribution in [2.45, 2.75) is 32.8 Å². The first-order chi connectivity index (χ1) is 7.79. The second-order valence-corrected chi connectivity index (χ2v) is 4.63. The van der Waals surface area contributed by atoms with Crippen molar-refractivity contribution < 1.29 is 18.4 Å². The molecule has 5 heteroatoms. The number of carbonyl (C=O) groups is 1. The number of hydrogen-bond acceptors (Lipinski definition) is 2. The summed E-state index contributed by atoms with van der Waals surface area (Å²) < 4.78 is 26.1. The monoisotopic (exact) mass is 243 g/mol. The van der Waals surface area contributed by atoms with Crippen LogP contribution >= 0.6 is 0 Å². The zero-order valence-electron chi connectivity index (χ0n) is 10.0. The first-order valence-corrected chi connectivity index (χ1v) is 5.19. The van der Waals surface area contributed by atoms with Gasteiger partial charge in [0.2, 0.25) is 5.91 Å². The third-order valence-electron chi connectivity index (χ3n) is 1.85. The fourth-order valence-corrected chi connectivity index (χ4v) is 1.10. The molecule has 0 aliphatic heterocycles. The minimum atomic E-state index is -1.00. The highest BCUT2D eigenvalue weighted by Gasteiger charge is 2.15. The van der Waals surface area contributed by atoms with Crippen molar-refractivity contribution in [2.24, 2.45) is 0 Å². The van der Waals surface area contributed by atoms with Crippen LogP contribution in [0.15, 0.2) is 18.2 Å². The molecule has 0 radical (unpaired) electrons. The Bertz CT molecular complexity index is 413. The lowest BCUT2D eigenvalue weighted by Crippen LogP contribution is -2.34. The fraction of sp³-hybridized carbons (Fsp3) is 0.417. The van der Waals surface area contributed by atoms with Crippen LogP contribution in [0.5, 0.6) is 0 Å². The summed E-state index contributed by atoms with van der Waals surface area (Å²) in [5, 5.41) is 0. The lowest BCUT2D eigenvalue weighted by molar-refractivity contribution is -0.144. The number of rotatable bonds is 3. The topological polar surface area (TPSA) is 38.3 Å². The Morgan fingerprint density at radius 1 is 1.35 bits per heavy atom. The van der Waals surface area contributed by atoms with Crippen molar-refractivity contribution in [2.75, 3.05) is 0 Å². The summed E-state index contributed by atoms with van der Waals surface area (Å²) in [5.41, 5.74) is 1.66. The van der Waals surface area contributed by atoms with Crippen LogP contribution < -0.4 is 5.48 Å². The molecule has 0 saturated carbocycles. The van der Waals surface area contributed by atoms with E-state index in [1.165, 1.54) is 12.1 Å². The first-order valence-electron chi connectivity index (χ1n) is 5.19. The molecule has 1 rings (SSSR count). The minimum absolute atomic E-state index is 0.00000850. The van der Waals surface area contributed by atoms with Crippen molar-refractivity contribution in [3.63, 3.8) is 0 Å². The third kappa shape index (κ3) is 4.48. The fourth-order valence-electron chi connectivity index (χ4n) is 1.10. The maximum Gasteiger partial charge on any atom is 0.248 e. The quantitative estimate of drug-likeness (QED) is 0.827. The van der Waals surface area contributed by atoms with Crippen LogP contribution in [-0.2, 0) is 16.1 Å². The summed E-state index contributed by atoms with van der Waals surface area (Å²) in [5.74, 6) is -2.49. The van der Waals surface area contributed by atoms with E-state index in [-0.39, 0.29) is 12.0 Å². The van der Waals surface area contributed by atoms with Crippen molar-refractivity contribution in [3.8, 4) is 0 Å². The van der Waals surface area contributed by atoms with Crippen molar-refractivity contribution in [3.05, 3.63) is 35.4 Å². The average Bonchev–Trinajstić information content (AvgIpc) is 2.21. The number of carbonyl (C=O) groups excluding carboxylic acids is 1. The number of hydroxylamine groups is 1. The van der Waals surface area contributed by atoms with Crippen LogP contribution in [0.3, 0.4) is 0 Å². The van der Waals surface area contributed by atoms with Crippen LogP contribution in [0.4, 0.5) is 8.78 Å². The zero-order valence-corrected chi connectivity index (χ0v) is 10.0. The third-order valence-corrected chi connectivity index (χ3v) is 1.85. The molecule has 1 amide bonds. The molecule has 17 heavy (non-hydrogen) atoms. The van der Waals surface area contributed by atoms with Gasteiger partial charge in [0, 0.05) is 5.56 Å². The van der Waals surface area contributed by atoms with Crippen molar-refractivity contribution in [1.29, 1.82) is 0 Å². The molecule has 0 heterocycles. The van der Waals surface area contributed by atoms with E-state index in [4.69, 9.17) is 4.84 Å². The van der Waals surface area contributed by atoms with Gasteiger partial charge in [-0.15, -0.1) is 0 Å². The molecule has 3 nitrogen and oxygen atoms in total. The molecular formula is C12H15F2NO2. The van der Waals surface area contributed by atoms with E-state index in [9.17, 15) is 13.6 Å². The van der Waals surface area contributed by atoms with Gasteiger partial charge < -0.3 is 0 Å². The van der Waals surface area contributed by atoms with Crippen molar-refractivity contribution >= 4 is 5.91 Å². The Morgan fingerprint density at radius 2 is 2.00 bits per heavy atom. The summed E-state index contributed by atoms with van der Waals surface area (Å²) in [4.78, 5) is 16.4. The molecule has 1 aromatic rings. The molecule has 0 aliphatic rings. The molecule has 0 bridgehead atoms. The number of benzene rings is 1. The molecule has 0 spiro atoms. The second-order valence-electron chi connectivity index (χ2n) is 4.63. The highest BCUT2D eigenvalue weighted by atomic mass is 19.2. The number of hydrogen-bond donors (Lipinski definition) is 1. The predicted molar refractivity (Wildman–Crippen MR) is 59.0 cm³/mol.